The van der Waals surface area contributed by atoms with Gasteiger partial charge in [0.2, 0.25) is 11.8 Å². The van der Waals surface area contributed by atoms with Gasteiger partial charge in [-0.05, 0) is 26.0 Å². The number of benzene rings is 1. The first-order valence-electron chi connectivity index (χ1n) is 5.74. The molecule has 0 aliphatic heterocycles. The molecule has 0 saturated heterocycles. The minimum absolute atomic E-state index is 0.00510. The summed E-state index contributed by atoms with van der Waals surface area (Å²) in [5.41, 5.74) is 1.11. The molecule has 0 aliphatic carbocycles. The summed E-state index contributed by atoms with van der Waals surface area (Å²) in [6.07, 6.45) is 0.00510. The fourth-order valence-electron chi connectivity index (χ4n) is 1.57. The Labute approximate surface area is 109 Å². The molecule has 6 nitrogen and oxygen atoms in total. The largest absolute Gasteiger partial charge is 0.339 e. The molecule has 1 N–H and O–H groups in total. The van der Waals surface area contributed by atoms with Crippen molar-refractivity contribution in [3.8, 4) is 0 Å². The Hall–Kier alpha value is -2.50. The van der Waals surface area contributed by atoms with Gasteiger partial charge in [0.05, 0.1) is 0 Å². The Morgan fingerprint density at radius 1 is 1.37 bits per heavy atom. The van der Waals surface area contributed by atoms with Crippen molar-refractivity contribution in [3.63, 3.8) is 0 Å². The summed E-state index contributed by atoms with van der Waals surface area (Å²) in [5, 5.41) is 6.28. The van der Waals surface area contributed by atoms with Gasteiger partial charge in [-0.3, -0.25) is 9.59 Å². The maximum Gasteiger partial charge on any atom is 0.236 e. The summed E-state index contributed by atoms with van der Waals surface area (Å²) in [7, 11) is 0. The molecule has 6 heteroatoms. The number of carbonyl (C=O) groups excluding carboxylic acids is 2. The molecule has 0 radical (unpaired) electrons. The number of hydrogen-bond acceptors (Lipinski definition) is 5. The van der Waals surface area contributed by atoms with Crippen LogP contribution in [0.15, 0.2) is 28.8 Å². The standard InChI is InChI=1S/C13H13N3O3/c1-8(17)10-4-3-5-11(6-10)15-12(18)7-13-14-9(2)16-19-13/h3-6H,7H2,1-2H3,(H,15,18). The van der Waals surface area contributed by atoms with Gasteiger partial charge in [0.25, 0.3) is 0 Å². The fraction of sp³-hybridized carbons (Fsp3) is 0.231. The summed E-state index contributed by atoms with van der Waals surface area (Å²) in [5.74, 6) is 0.423. The predicted octanol–water partition coefficient (Wildman–Crippen LogP) is 1.76. The van der Waals surface area contributed by atoms with Crippen molar-refractivity contribution in [1.82, 2.24) is 10.1 Å². The lowest BCUT2D eigenvalue weighted by Gasteiger charge is -2.04. The van der Waals surface area contributed by atoms with Crippen LogP contribution in [0.4, 0.5) is 5.69 Å². The normalized spacial score (nSPS) is 10.2. The summed E-state index contributed by atoms with van der Waals surface area (Å²) in [6.45, 7) is 3.16. The molecule has 19 heavy (non-hydrogen) atoms. The second kappa shape index (κ2) is 5.43. The van der Waals surface area contributed by atoms with E-state index in [2.05, 4.69) is 15.5 Å². The Morgan fingerprint density at radius 2 is 2.16 bits per heavy atom. The van der Waals surface area contributed by atoms with Gasteiger partial charge in [0.1, 0.15) is 6.42 Å². The smallest absolute Gasteiger partial charge is 0.236 e. The van der Waals surface area contributed by atoms with Crippen molar-refractivity contribution in [1.29, 1.82) is 0 Å². The van der Waals surface area contributed by atoms with Crippen LogP contribution in [-0.4, -0.2) is 21.8 Å². The first kappa shape index (κ1) is 12.9. The minimum Gasteiger partial charge on any atom is -0.339 e. The molecule has 0 saturated carbocycles. The van der Waals surface area contributed by atoms with Crippen LogP contribution in [0, 0.1) is 6.92 Å². The third-order valence-electron chi connectivity index (χ3n) is 2.43. The van der Waals surface area contributed by atoms with Gasteiger partial charge >= 0.3 is 0 Å². The van der Waals surface area contributed by atoms with Gasteiger partial charge in [-0.1, -0.05) is 17.3 Å². The van der Waals surface area contributed by atoms with E-state index in [-0.39, 0.29) is 24.0 Å². The molecule has 0 bridgehead atoms. The molecule has 2 rings (SSSR count). The monoisotopic (exact) mass is 259 g/mol. The van der Waals surface area contributed by atoms with Crippen LogP contribution in [0.5, 0.6) is 0 Å². The highest BCUT2D eigenvalue weighted by Crippen LogP contribution is 2.11. The zero-order chi connectivity index (χ0) is 13.8. The number of ketones is 1. The van der Waals surface area contributed by atoms with E-state index in [1.807, 2.05) is 0 Å². The van der Waals surface area contributed by atoms with E-state index in [1.54, 1.807) is 31.2 Å². The van der Waals surface area contributed by atoms with E-state index in [1.165, 1.54) is 6.92 Å². The second-order valence-electron chi connectivity index (χ2n) is 4.10. The van der Waals surface area contributed by atoms with Crippen LogP contribution in [0.2, 0.25) is 0 Å². The van der Waals surface area contributed by atoms with Gasteiger partial charge in [0, 0.05) is 11.3 Å². The molecule has 2 aromatic rings. The summed E-state index contributed by atoms with van der Waals surface area (Å²) < 4.78 is 4.86. The lowest BCUT2D eigenvalue weighted by molar-refractivity contribution is -0.115. The fourth-order valence-corrected chi connectivity index (χ4v) is 1.57. The van der Waals surface area contributed by atoms with Crippen molar-refractivity contribution in [2.24, 2.45) is 0 Å². The highest BCUT2D eigenvalue weighted by atomic mass is 16.5. The Morgan fingerprint density at radius 3 is 2.79 bits per heavy atom. The Balaban J connectivity index is 2.02. The highest BCUT2D eigenvalue weighted by Gasteiger charge is 2.10. The molecule has 0 aliphatic rings. The quantitative estimate of drug-likeness (QED) is 0.845. The van der Waals surface area contributed by atoms with E-state index in [0.29, 0.717) is 17.1 Å². The SMILES string of the molecule is CC(=O)c1cccc(NC(=O)Cc2nc(C)no2)c1. The van der Waals surface area contributed by atoms with E-state index >= 15 is 0 Å². The number of nitrogens with zero attached hydrogens (tertiary/aromatic N) is 2. The van der Waals surface area contributed by atoms with Crippen LogP contribution < -0.4 is 5.32 Å². The first-order valence-corrected chi connectivity index (χ1v) is 5.74. The van der Waals surface area contributed by atoms with Crippen LogP contribution in [-0.2, 0) is 11.2 Å². The average molecular weight is 259 g/mol. The molecule has 0 atom stereocenters. The molecule has 0 spiro atoms. The highest BCUT2D eigenvalue weighted by molar-refractivity contribution is 5.97. The molecular formula is C13H13N3O3. The summed E-state index contributed by atoms with van der Waals surface area (Å²) in [6, 6.07) is 6.74. The number of carbonyl (C=O) groups is 2. The Kier molecular flexibility index (Phi) is 3.70. The number of aryl methyl sites for hydroxylation is 1. The molecular weight excluding hydrogens is 246 g/mol. The van der Waals surface area contributed by atoms with E-state index < -0.39 is 0 Å². The molecule has 1 aromatic carbocycles. The summed E-state index contributed by atoms with van der Waals surface area (Å²) >= 11 is 0. The summed E-state index contributed by atoms with van der Waals surface area (Å²) in [4.78, 5) is 26.9. The van der Waals surface area contributed by atoms with Crippen LogP contribution in [0.1, 0.15) is 29.0 Å². The number of Topliss-reactive ketones (excluding diaryl/α,β-unsaturated/α-hetero) is 1. The number of aromatic nitrogens is 2. The van der Waals surface area contributed by atoms with E-state index in [0.717, 1.165) is 0 Å². The van der Waals surface area contributed by atoms with Gasteiger partial charge in [-0.15, -0.1) is 0 Å². The number of rotatable bonds is 4. The number of nitrogens with one attached hydrogen (secondary N) is 1. The van der Waals surface area contributed by atoms with E-state index in [9.17, 15) is 9.59 Å². The first-order chi connectivity index (χ1) is 9.04. The zero-order valence-corrected chi connectivity index (χ0v) is 10.6. The zero-order valence-electron chi connectivity index (χ0n) is 10.6. The third kappa shape index (κ3) is 3.48. The van der Waals surface area contributed by atoms with Crippen LogP contribution in [0.3, 0.4) is 0 Å². The maximum atomic E-state index is 11.7. The number of anilines is 1. The van der Waals surface area contributed by atoms with Crippen LogP contribution >= 0.6 is 0 Å². The lowest BCUT2D eigenvalue weighted by Crippen LogP contribution is -2.14. The van der Waals surface area contributed by atoms with Crippen LogP contribution in [0.25, 0.3) is 0 Å². The molecule has 98 valence electrons. The van der Waals surface area contributed by atoms with Gasteiger partial charge in [-0.25, -0.2) is 0 Å². The Bertz CT molecular complexity index is 619. The number of hydrogen-bond donors (Lipinski definition) is 1. The molecule has 1 aromatic heterocycles. The van der Waals surface area contributed by atoms with Crippen molar-refractivity contribution >= 4 is 17.4 Å². The molecule has 1 heterocycles. The topological polar surface area (TPSA) is 85.1 Å². The average Bonchev–Trinajstić information content (AvgIpc) is 2.74. The molecule has 0 fully saturated rings. The van der Waals surface area contributed by atoms with Crippen molar-refractivity contribution in [3.05, 3.63) is 41.5 Å². The van der Waals surface area contributed by atoms with Crippen molar-refractivity contribution < 1.29 is 14.1 Å². The lowest BCUT2D eigenvalue weighted by atomic mass is 10.1. The third-order valence-corrected chi connectivity index (χ3v) is 2.43. The van der Waals surface area contributed by atoms with Crippen molar-refractivity contribution in [2.75, 3.05) is 5.32 Å². The second-order valence-corrected chi connectivity index (χ2v) is 4.10. The molecule has 0 unspecified atom stereocenters. The van der Waals surface area contributed by atoms with E-state index in [4.69, 9.17) is 4.52 Å². The number of amides is 1. The van der Waals surface area contributed by atoms with Crippen molar-refractivity contribution in [2.45, 2.75) is 20.3 Å². The molecule has 1 amide bonds. The van der Waals surface area contributed by atoms with Gasteiger partial charge in [0.15, 0.2) is 11.6 Å². The van der Waals surface area contributed by atoms with Gasteiger partial charge < -0.3 is 9.84 Å². The van der Waals surface area contributed by atoms with Gasteiger partial charge in [-0.2, -0.15) is 4.98 Å². The maximum absolute atomic E-state index is 11.7. The predicted molar refractivity (Wildman–Crippen MR) is 67.8 cm³/mol. The minimum atomic E-state index is -0.274.